The SMILES string of the molecule is Cc1ccccc1OCC(=O)Oc1ccc(OCc2ccccc2)cc1. The molecular weight excluding hydrogens is 328 g/mol. The van der Waals surface area contributed by atoms with E-state index in [0.29, 0.717) is 23.9 Å². The molecule has 4 heteroatoms. The van der Waals surface area contributed by atoms with Crippen molar-refractivity contribution in [3.05, 3.63) is 90.0 Å². The molecular formula is C22H20O4. The van der Waals surface area contributed by atoms with Crippen LogP contribution in [0.25, 0.3) is 0 Å². The van der Waals surface area contributed by atoms with Gasteiger partial charge in [0.1, 0.15) is 23.9 Å². The number of para-hydroxylation sites is 1. The highest BCUT2D eigenvalue weighted by Gasteiger charge is 2.07. The summed E-state index contributed by atoms with van der Waals surface area (Å²) in [6.07, 6.45) is 0. The highest BCUT2D eigenvalue weighted by molar-refractivity contribution is 5.74. The maximum atomic E-state index is 11.9. The Balaban J connectivity index is 1.47. The van der Waals surface area contributed by atoms with Crippen molar-refractivity contribution in [1.82, 2.24) is 0 Å². The Hall–Kier alpha value is -3.27. The molecule has 26 heavy (non-hydrogen) atoms. The fourth-order valence-corrected chi connectivity index (χ4v) is 2.36. The van der Waals surface area contributed by atoms with E-state index in [1.165, 1.54) is 0 Å². The number of ether oxygens (including phenoxy) is 3. The monoisotopic (exact) mass is 348 g/mol. The Morgan fingerprint density at radius 2 is 1.42 bits per heavy atom. The fourth-order valence-electron chi connectivity index (χ4n) is 2.36. The van der Waals surface area contributed by atoms with E-state index >= 15 is 0 Å². The van der Waals surface area contributed by atoms with Crippen LogP contribution in [-0.2, 0) is 11.4 Å². The molecule has 0 saturated carbocycles. The third-order valence-electron chi connectivity index (χ3n) is 3.74. The van der Waals surface area contributed by atoms with Crippen molar-refractivity contribution in [2.24, 2.45) is 0 Å². The molecule has 0 amide bonds. The van der Waals surface area contributed by atoms with Gasteiger partial charge in [-0.25, -0.2) is 4.79 Å². The lowest BCUT2D eigenvalue weighted by Crippen LogP contribution is -2.17. The van der Waals surface area contributed by atoms with Crippen LogP contribution in [0.1, 0.15) is 11.1 Å². The maximum absolute atomic E-state index is 11.9. The van der Waals surface area contributed by atoms with Crippen LogP contribution in [0.4, 0.5) is 0 Å². The van der Waals surface area contributed by atoms with Crippen molar-refractivity contribution in [2.45, 2.75) is 13.5 Å². The molecule has 0 unspecified atom stereocenters. The molecule has 0 bridgehead atoms. The van der Waals surface area contributed by atoms with Gasteiger partial charge in [-0.15, -0.1) is 0 Å². The second kappa shape index (κ2) is 8.72. The normalized spacial score (nSPS) is 10.2. The molecule has 3 aromatic carbocycles. The van der Waals surface area contributed by atoms with E-state index < -0.39 is 5.97 Å². The van der Waals surface area contributed by atoms with E-state index in [2.05, 4.69) is 0 Å². The van der Waals surface area contributed by atoms with Crippen LogP contribution >= 0.6 is 0 Å². The number of carbonyl (C=O) groups excluding carboxylic acids is 1. The summed E-state index contributed by atoms with van der Waals surface area (Å²) in [4.78, 5) is 11.9. The van der Waals surface area contributed by atoms with E-state index in [1.807, 2.05) is 61.5 Å². The van der Waals surface area contributed by atoms with Crippen molar-refractivity contribution in [3.63, 3.8) is 0 Å². The highest BCUT2D eigenvalue weighted by atomic mass is 16.6. The summed E-state index contributed by atoms with van der Waals surface area (Å²) in [5.41, 5.74) is 2.07. The summed E-state index contributed by atoms with van der Waals surface area (Å²) in [6.45, 7) is 2.27. The highest BCUT2D eigenvalue weighted by Crippen LogP contribution is 2.20. The van der Waals surface area contributed by atoms with Crippen molar-refractivity contribution in [3.8, 4) is 17.2 Å². The van der Waals surface area contributed by atoms with E-state index in [9.17, 15) is 4.79 Å². The van der Waals surface area contributed by atoms with Gasteiger partial charge in [0.25, 0.3) is 0 Å². The van der Waals surface area contributed by atoms with Crippen LogP contribution in [-0.4, -0.2) is 12.6 Å². The molecule has 0 N–H and O–H groups in total. The smallest absolute Gasteiger partial charge is 0.349 e. The molecule has 0 aliphatic rings. The van der Waals surface area contributed by atoms with Crippen molar-refractivity contribution < 1.29 is 19.0 Å². The predicted octanol–water partition coefficient (Wildman–Crippen LogP) is 4.56. The Kier molecular flexibility index (Phi) is 5.88. The zero-order chi connectivity index (χ0) is 18.2. The van der Waals surface area contributed by atoms with Crippen LogP contribution in [0.15, 0.2) is 78.9 Å². The first-order valence-corrected chi connectivity index (χ1v) is 8.36. The molecule has 0 saturated heterocycles. The molecule has 0 aliphatic carbocycles. The number of hydrogen-bond donors (Lipinski definition) is 0. The zero-order valence-electron chi connectivity index (χ0n) is 14.6. The van der Waals surface area contributed by atoms with Gasteiger partial charge < -0.3 is 14.2 Å². The molecule has 0 aromatic heterocycles. The number of esters is 1. The average molecular weight is 348 g/mol. The van der Waals surface area contributed by atoms with Crippen molar-refractivity contribution in [1.29, 1.82) is 0 Å². The predicted molar refractivity (Wildman–Crippen MR) is 99.5 cm³/mol. The summed E-state index contributed by atoms with van der Waals surface area (Å²) in [6, 6.07) is 24.4. The largest absolute Gasteiger partial charge is 0.489 e. The zero-order valence-corrected chi connectivity index (χ0v) is 14.6. The summed E-state index contributed by atoms with van der Waals surface area (Å²) in [5.74, 6) is 1.39. The quantitative estimate of drug-likeness (QED) is 0.464. The second-order valence-corrected chi connectivity index (χ2v) is 5.77. The number of carbonyl (C=O) groups is 1. The molecule has 0 atom stereocenters. The standard InChI is InChI=1S/C22H20O4/c1-17-7-5-6-10-21(17)25-16-22(23)26-20-13-11-19(12-14-20)24-15-18-8-3-2-4-9-18/h2-14H,15-16H2,1H3. The van der Waals surface area contributed by atoms with Crippen LogP contribution in [0.2, 0.25) is 0 Å². The van der Waals surface area contributed by atoms with Gasteiger partial charge in [0.15, 0.2) is 6.61 Å². The Labute approximate surface area is 153 Å². The van der Waals surface area contributed by atoms with E-state index in [-0.39, 0.29) is 6.61 Å². The van der Waals surface area contributed by atoms with Gasteiger partial charge in [-0.1, -0.05) is 48.5 Å². The maximum Gasteiger partial charge on any atom is 0.349 e. The third-order valence-corrected chi connectivity index (χ3v) is 3.74. The minimum absolute atomic E-state index is 0.142. The van der Waals surface area contributed by atoms with Gasteiger partial charge in [-0.2, -0.15) is 0 Å². The first kappa shape index (κ1) is 17.5. The minimum Gasteiger partial charge on any atom is -0.489 e. The molecule has 4 nitrogen and oxygen atoms in total. The molecule has 3 aromatic rings. The van der Waals surface area contributed by atoms with Gasteiger partial charge in [-0.3, -0.25) is 0 Å². The van der Waals surface area contributed by atoms with Gasteiger partial charge in [-0.05, 0) is 48.4 Å². The summed E-state index contributed by atoms with van der Waals surface area (Å²) in [7, 11) is 0. The molecule has 0 fully saturated rings. The molecule has 0 radical (unpaired) electrons. The Morgan fingerprint density at radius 1 is 0.769 bits per heavy atom. The lowest BCUT2D eigenvalue weighted by atomic mass is 10.2. The van der Waals surface area contributed by atoms with Crippen LogP contribution in [0.3, 0.4) is 0 Å². The van der Waals surface area contributed by atoms with Gasteiger partial charge in [0.05, 0.1) is 0 Å². The van der Waals surface area contributed by atoms with Crippen LogP contribution in [0, 0.1) is 6.92 Å². The fraction of sp³-hybridized carbons (Fsp3) is 0.136. The Bertz CT molecular complexity index is 842. The topological polar surface area (TPSA) is 44.8 Å². The minimum atomic E-state index is -0.453. The van der Waals surface area contributed by atoms with E-state index in [0.717, 1.165) is 11.1 Å². The van der Waals surface area contributed by atoms with Crippen molar-refractivity contribution in [2.75, 3.05) is 6.61 Å². The third kappa shape index (κ3) is 5.11. The Morgan fingerprint density at radius 3 is 2.15 bits per heavy atom. The van der Waals surface area contributed by atoms with E-state index in [1.54, 1.807) is 24.3 Å². The van der Waals surface area contributed by atoms with Gasteiger partial charge in [0, 0.05) is 0 Å². The lowest BCUT2D eigenvalue weighted by molar-refractivity contribution is -0.136. The van der Waals surface area contributed by atoms with Crippen LogP contribution < -0.4 is 14.2 Å². The van der Waals surface area contributed by atoms with Gasteiger partial charge in [0.2, 0.25) is 0 Å². The van der Waals surface area contributed by atoms with E-state index in [4.69, 9.17) is 14.2 Å². The first-order valence-electron chi connectivity index (χ1n) is 8.36. The molecule has 0 spiro atoms. The van der Waals surface area contributed by atoms with Gasteiger partial charge >= 0.3 is 5.97 Å². The molecule has 0 aliphatic heterocycles. The first-order chi connectivity index (χ1) is 12.7. The number of rotatable bonds is 7. The molecule has 0 heterocycles. The van der Waals surface area contributed by atoms with Crippen molar-refractivity contribution >= 4 is 5.97 Å². The molecule has 132 valence electrons. The summed E-state index contributed by atoms with van der Waals surface area (Å²) in [5, 5.41) is 0. The summed E-state index contributed by atoms with van der Waals surface area (Å²) < 4.78 is 16.5. The van der Waals surface area contributed by atoms with Crippen LogP contribution in [0.5, 0.6) is 17.2 Å². The number of hydrogen-bond acceptors (Lipinski definition) is 4. The number of benzene rings is 3. The molecule has 3 rings (SSSR count). The second-order valence-electron chi connectivity index (χ2n) is 5.77. The average Bonchev–Trinajstić information content (AvgIpc) is 2.68. The number of aryl methyl sites for hydroxylation is 1. The lowest BCUT2D eigenvalue weighted by Gasteiger charge is -2.09. The summed E-state index contributed by atoms with van der Waals surface area (Å²) >= 11 is 0.